The summed E-state index contributed by atoms with van der Waals surface area (Å²) in [5.41, 5.74) is 13.1. The summed E-state index contributed by atoms with van der Waals surface area (Å²) in [6.45, 7) is 0.722. The molecule has 2 heterocycles. The van der Waals surface area contributed by atoms with Crippen LogP contribution >= 0.6 is 0 Å². The third-order valence-corrected chi connectivity index (χ3v) is 10.4. The van der Waals surface area contributed by atoms with E-state index in [9.17, 15) is 15.7 Å². The van der Waals surface area contributed by atoms with Crippen LogP contribution in [0.1, 0.15) is 22.3 Å². The maximum absolute atomic E-state index is 11.6. The van der Waals surface area contributed by atoms with Gasteiger partial charge in [-0.3, -0.25) is 0 Å². The third kappa shape index (κ3) is 12.2. The van der Waals surface area contributed by atoms with Crippen LogP contribution in [0.25, 0.3) is 10.4 Å². The highest BCUT2D eigenvalue weighted by Crippen LogP contribution is 2.35. The van der Waals surface area contributed by atoms with E-state index < -0.39 is 61.3 Å². The third-order valence-electron chi connectivity index (χ3n) is 10.4. The molecule has 0 aromatic heterocycles. The van der Waals surface area contributed by atoms with E-state index >= 15 is 0 Å². The van der Waals surface area contributed by atoms with Gasteiger partial charge in [0.1, 0.15) is 42.0 Å². The number of aliphatic hydroxyl groups is 2. The second-order valence-corrected chi connectivity index (χ2v) is 14.7. The first-order chi connectivity index (χ1) is 30.0. The summed E-state index contributed by atoms with van der Waals surface area (Å²) in [7, 11) is 1.59. The van der Waals surface area contributed by atoms with Crippen molar-refractivity contribution >= 4 is 0 Å². The Bertz CT molecular complexity index is 2060. The van der Waals surface area contributed by atoms with Crippen LogP contribution in [0.15, 0.2) is 151 Å². The number of ether oxygens (including phenoxy) is 9. The molecule has 320 valence electrons. The Kier molecular flexibility index (Phi) is 16.1. The van der Waals surface area contributed by atoms with Crippen LogP contribution in [0.3, 0.4) is 0 Å². The quantitative estimate of drug-likeness (QED) is 0.0474. The number of hydrogen-bond acceptors (Lipinski definition) is 12. The van der Waals surface area contributed by atoms with E-state index in [0.29, 0.717) is 11.5 Å². The van der Waals surface area contributed by atoms with Gasteiger partial charge in [0.2, 0.25) is 6.29 Å². The Hall–Kier alpha value is -5.35. The minimum Gasteiger partial charge on any atom is -0.497 e. The van der Waals surface area contributed by atoms with Crippen molar-refractivity contribution in [3.63, 3.8) is 0 Å². The molecule has 0 aliphatic carbocycles. The van der Waals surface area contributed by atoms with E-state index in [2.05, 4.69) is 10.0 Å². The maximum Gasteiger partial charge on any atom is 0.229 e. The molecule has 2 fully saturated rings. The SMILES string of the molecule is COc1ccc(O[C@@H]2O[C@H](COCc3ccccc3)[C@@H](O[C@@H]3O[C@H](COCc4ccccc4)[C@H](N=[N+]=[N-])[C@H](O)[C@H]3O)[C@H](OCc3ccccc3)[C@H]2OCc2ccccc2)cc1. The number of aliphatic hydroxyl groups excluding tert-OH is 2. The highest BCUT2D eigenvalue weighted by atomic mass is 16.8. The van der Waals surface area contributed by atoms with E-state index in [1.165, 1.54) is 0 Å². The van der Waals surface area contributed by atoms with Crippen molar-refractivity contribution in [3.05, 3.63) is 178 Å². The minimum atomic E-state index is -1.65. The second-order valence-electron chi connectivity index (χ2n) is 14.7. The van der Waals surface area contributed by atoms with Crippen molar-refractivity contribution in [1.29, 1.82) is 0 Å². The van der Waals surface area contributed by atoms with Crippen molar-refractivity contribution < 1.29 is 52.8 Å². The Morgan fingerprint density at radius 3 is 1.51 bits per heavy atom. The van der Waals surface area contributed by atoms with E-state index in [1.807, 2.05) is 121 Å². The molecular weight excluding hydrogens is 783 g/mol. The van der Waals surface area contributed by atoms with E-state index in [4.69, 9.17) is 42.6 Å². The summed E-state index contributed by atoms with van der Waals surface area (Å²) in [5, 5.41) is 26.8. The van der Waals surface area contributed by atoms with Gasteiger partial charge in [0.05, 0.1) is 65.0 Å². The minimum absolute atomic E-state index is 0.00499. The molecule has 2 N–H and O–H groups in total. The zero-order chi connectivity index (χ0) is 42.2. The largest absolute Gasteiger partial charge is 0.497 e. The van der Waals surface area contributed by atoms with Crippen molar-refractivity contribution in [3.8, 4) is 11.5 Å². The standard InChI is InChI=1S/C47H51N3O11/c1-53-36-22-24-37(25-23-36)58-47-45(57-29-35-20-12-5-13-21-35)44(56-28-34-18-10-4-11-19-34)43(39(60-47)31-55-27-33-16-8-3-9-17-33)61-46-42(52)41(51)40(49-50-48)38(59-46)30-54-26-32-14-6-2-7-15-32/h2-25,38-47,51-52H,26-31H2,1H3/t38-,39-,40+,41+,42-,43-,44+,45-,46+,47-/m1/s1. The fourth-order valence-electron chi connectivity index (χ4n) is 7.22. The van der Waals surface area contributed by atoms with Crippen LogP contribution in [0.2, 0.25) is 0 Å². The molecule has 14 nitrogen and oxygen atoms in total. The molecule has 5 aromatic carbocycles. The number of rotatable bonds is 20. The van der Waals surface area contributed by atoms with Crippen LogP contribution in [0.4, 0.5) is 0 Å². The summed E-state index contributed by atoms with van der Waals surface area (Å²) >= 11 is 0. The second kappa shape index (κ2) is 22.5. The van der Waals surface area contributed by atoms with Gasteiger partial charge >= 0.3 is 0 Å². The molecule has 61 heavy (non-hydrogen) atoms. The normalized spacial score (nSPS) is 26.2. The summed E-state index contributed by atoms with van der Waals surface area (Å²) in [5.74, 6) is 1.14. The van der Waals surface area contributed by atoms with Gasteiger partial charge in [0.15, 0.2) is 6.29 Å². The number of benzene rings is 5. The molecule has 0 radical (unpaired) electrons. The fourth-order valence-corrected chi connectivity index (χ4v) is 7.22. The molecule has 5 aromatic rings. The van der Waals surface area contributed by atoms with E-state index in [1.54, 1.807) is 31.4 Å². The van der Waals surface area contributed by atoms with Gasteiger partial charge in [-0.25, -0.2) is 0 Å². The lowest BCUT2D eigenvalue weighted by Crippen LogP contribution is -2.66. The Morgan fingerprint density at radius 1 is 0.541 bits per heavy atom. The molecule has 2 aliphatic rings. The maximum atomic E-state index is 11.6. The first-order valence-electron chi connectivity index (χ1n) is 20.2. The van der Waals surface area contributed by atoms with Gasteiger partial charge in [-0.05, 0) is 52.1 Å². The van der Waals surface area contributed by atoms with Crippen molar-refractivity contribution in [2.75, 3.05) is 20.3 Å². The molecule has 10 atom stereocenters. The average molecular weight is 834 g/mol. The number of azide groups is 1. The zero-order valence-electron chi connectivity index (χ0n) is 33.8. The number of methoxy groups -OCH3 is 1. The van der Waals surface area contributed by atoms with Crippen molar-refractivity contribution in [1.82, 2.24) is 0 Å². The molecule has 0 saturated carbocycles. The topological polar surface area (TPSA) is 172 Å². The van der Waals surface area contributed by atoms with E-state index in [-0.39, 0.29) is 39.6 Å². The lowest BCUT2D eigenvalue weighted by Gasteiger charge is -2.48. The van der Waals surface area contributed by atoms with E-state index in [0.717, 1.165) is 22.3 Å². The summed E-state index contributed by atoms with van der Waals surface area (Å²) < 4.78 is 57.7. The lowest BCUT2D eigenvalue weighted by atomic mass is 9.95. The van der Waals surface area contributed by atoms with Crippen molar-refractivity contribution in [2.24, 2.45) is 5.11 Å². The van der Waals surface area contributed by atoms with Gasteiger partial charge in [-0.15, -0.1) is 0 Å². The average Bonchev–Trinajstić information content (AvgIpc) is 3.30. The predicted molar refractivity (Wildman–Crippen MR) is 223 cm³/mol. The van der Waals surface area contributed by atoms with Gasteiger partial charge < -0.3 is 52.8 Å². The lowest BCUT2D eigenvalue weighted by molar-refractivity contribution is -0.354. The summed E-state index contributed by atoms with van der Waals surface area (Å²) in [6, 6.07) is 44.5. The molecule has 0 bridgehead atoms. The monoisotopic (exact) mass is 833 g/mol. The molecule has 0 spiro atoms. The fraction of sp³-hybridized carbons (Fsp3) is 0.362. The first-order valence-corrected chi connectivity index (χ1v) is 20.2. The van der Waals surface area contributed by atoms with Crippen LogP contribution in [-0.2, 0) is 59.6 Å². The highest BCUT2D eigenvalue weighted by Gasteiger charge is 2.53. The molecule has 2 saturated heterocycles. The molecule has 2 aliphatic heterocycles. The van der Waals surface area contributed by atoms with Crippen LogP contribution in [-0.4, -0.2) is 91.9 Å². The van der Waals surface area contributed by atoms with Crippen LogP contribution in [0.5, 0.6) is 11.5 Å². The Balaban J connectivity index is 1.22. The van der Waals surface area contributed by atoms with Gasteiger partial charge in [0.25, 0.3) is 0 Å². The molecule has 0 amide bonds. The Morgan fingerprint density at radius 2 is 1.00 bits per heavy atom. The molecule has 14 heteroatoms. The highest BCUT2D eigenvalue weighted by molar-refractivity contribution is 5.31. The van der Waals surface area contributed by atoms with Crippen LogP contribution in [0, 0.1) is 0 Å². The summed E-state index contributed by atoms with van der Waals surface area (Å²) in [6.07, 6.45) is -10.6. The smallest absolute Gasteiger partial charge is 0.229 e. The van der Waals surface area contributed by atoms with Gasteiger partial charge in [0, 0.05) is 4.91 Å². The van der Waals surface area contributed by atoms with Crippen molar-refractivity contribution in [2.45, 2.75) is 87.8 Å². The zero-order valence-corrected chi connectivity index (χ0v) is 33.8. The molecule has 0 unspecified atom stereocenters. The summed E-state index contributed by atoms with van der Waals surface area (Å²) in [4.78, 5) is 2.93. The van der Waals surface area contributed by atoms with Crippen LogP contribution < -0.4 is 9.47 Å². The first kappa shape index (κ1) is 43.7. The molecular formula is C47H51N3O11. The van der Waals surface area contributed by atoms with Gasteiger partial charge in [-0.1, -0.05) is 126 Å². The number of hydrogen-bond donors (Lipinski definition) is 2. The number of nitrogens with zero attached hydrogens (tertiary/aromatic N) is 3. The van der Waals surface area contributed by atoms with Gasteiger partial charge in [-0.2, -0.15) is 0 Å². The predicted octanol–water partition coefficient (Wildman–Crippen LogP) is 6.91. The molecule has 7 rings (SSSR count). The Labute approximate surface area is 355 Å².